The van der Waals surface area contributed by atoms with E-state index in [0.717, 1.165) is 29.3 Å². The number of nitrogens with one attached hydrogen (secondary N) is 1. The lowest BCUT2D eigenvalue weighted by Crippen LogP contribution is -2.51. The molecule has 0 spiro atoms. The number of hydrogen-bond acceptors (Lipinski definition) is 3. The zero-order valence-corrected chi connectivity index (χ0v) is 16.5. The molecule has 1 aliphatic rings. The number of benzene rings is 1. The molecule has 4 rings (SSSR count). The minimum Gasteiger partial charge on any atom is -0.328 e. The predicted octanol–water partition coefficient (Wildman–Crippen LogP) is 3.88. The molecule has 1 aliphatic heterocycles. The highest BCUT2D eigenvalue weighted by Gasteiger charge is 2.35. The van der Waals surface area contributed by atoms with Crippen LogP contribution in [0.2, 0.25) is 0 Å². The molecule has 1 aromatic carbocycles. The van der Waals surface area contributed by atoms with Gasteiger partial charge in [-0.2, -0.15) is 0 Å². The number of carbonyl (C=O) groups is 1. The number of pyridine rings is 1. The number of carbonyl (C=O) groups excluding carboxylic acids is 1. The van der Waals surface area contributed by atoms with Gasteiger partial charge in [-0.05, 0) is 55.7 Å². The molecule has 3 heterocycles. The standard InChI is InChI=1S/C22H25N5O/c1-15-6-7-20(9-16(15)2)25-22(28)26-13-19(14-26)21-24-10-17(3)27(21)12-18-5-4-8-23-11-18/h4-11,19H,12-14H2,1-3H3,(H,25,28). The summed E-state index contributed by atoms with van der Waals surface area (Å²) >= 11 is 0. The smallest absolute Gasteiger partial charge is 0.321 e. The second-order valence-electron chi connectivity index (χ2n) is 7.54. The summed E-state index contributed by atoms with van der Waals surface area (Å²) in [6, 6.07) is 9.95. The van der Waals surface area contributed by atoms with Crippen molar-refractivity contribution in [1.82, 2.24) is 19.4 Å². The van der Waals surface area contributed by atoms with Gasteiger partial charge in [0.15, 0.2) is 0 Å². The molecule has 0 bridgehead atoms. The molecule has 1 N–H and O–H groups in total. The average Bonchev–Trinajstić information content (AvgIpc) is 2.98. The molecule has 0 aliphatic carbocycles. The van der Waals surface area contributed by atoms with Crippen molar-refractivity contribution in [3.8, 4) is 0 Å². The largest absolute Gasteiger partial charge is 0.328 e. The zero-order valence-electron chi connectivity index (χ0n) is 16.5. The molecule has 3 aromatic rings. The Morgan fingerprint density at radius 3 is 2.68 bits per heavy atom. The third-order valence-electron chi connectivity index (χ3n) is 5.44. The second kappa shape index (κ2) is 7.46. The van der Waals surface area contributed by atoms with Gasteiger partial charge in [0.05, 0.1) is 12.5 Å². The third kappa shape index (κ3) is 3.63. The van der Waals surface area contributed by atoms with Crippen LogP contribution in [-0.4, -0.2) is 38.6 Å². The maximum absolute atomic E-state index is 12.5. The van der Waals surface area contributed by atoms with Crippen molar-refractivity contribution in [2.45, 2.75) is 33.2 Å². The van der Waals surface area contributed by atoms with Crippen molar-refractivity contribution in [1.29, 1.82) is 0 Å². The number of hydrogen-bond donors (Lipinski definition) is 1. The van der Waals surface area contributed by atoms with E-state index < -0.39 is 0 Å². The van der Waals surface area contributed by atoms with Crippen molar-refractivity contribution in [3.63, 3.8) is 0 Å². The topological polar surface area (TPSA) is 63.1 Å². The first-order chi connectivity index (χ1) is 13.5. The van der Waals surface area contributed by atoms with Crippen LogP contribution in [0.3, 0.4) is 0 Å². The van der Waals surface area contributed by atoms with E-state index in [2.05, 4.69) is 46.7 Å². The van der Waals surface area contributed by atoms with Crippen LogP contribution in [0.5, 0.6) is 0 Å². The van der Waals surface area contributed by atoms with Gasteiger partial charge in [-0.15, -0.1) is 0 Å². The number of aryl methyl sites for hydroxylation is 3. The highest BCUT2D eigenvalue weighted by Crippen LogP contribution is 2.28. The Hall–Kier alpha value is -3.15. The van der Waals surface area contributed by atoms with Crippen LogP contribution >= 0.6 is 0 Å². The van der Waals surface area contributed by atoms with E-state index in [0.29, 0.717) is 13.1 Å². The van der Waals surface area contributed by atoms with Crippen LogP contribution in [0.25, 0.3) is 0 Å². The third-order valence-corrected chi connectivity index (χ3v) is 5.44. The number of nitrogens with zero attached hydrogens (tertiary/aromatic N) is 4. The number of imidazole rings is 1. The summed E-state index contributed by atoms with van der Waals surface area (Å²) in [6.45, 7) is 8.29. The lowest BCUT2D eigenvalue weighted by atomic mass is 9.99. The SMILES string of the molecule is Cc1ccc(NC(=O)N2CC(c3ncc(C)n3Cc3cccnc3)C2)cc1C. The van der Waals surface area contributed by atoms with E-state index in [-0.39, 0.29) is 11.9 Å². The minimum atomic E-state index is -0.0541. The van der Waals surface area contributed by atoms with Gasteiger partial charge >= 0.3 is 6.03 Å². The molecule has 2 amide bonds. The molecular weight excluding hydrogens is 350 g/mol. The molecule has 1 saturated heterocycles. The van der Waals surface area contributed by atoms with Crippen molar-refractivity contribution < 1.29 is 4.79 Å². The first kappa shape index (κ1) is 18.2. The normalized spacial score (nSPS) is 14.0. The van der Waals surface area contributed by atoms with Gasteiger partial charge in [0.1, 0.15) is 5.82 Å². The summed E-state index contributed by atoms with van der Waals surface area (Å²) in [5, 5.41) is 3.00. The number of urea groups is 1. The van der Waals surface area contributed by atoms with Gasteiger partial charge in [0, 0.05) is 43.1 Å². The number of anilines is 1. The molecule has 0 radical (unpaired) electrons. The summed E-state index contributed by atoms with van der Waals surface area (Å²) < 4.78 is 2.22. The van der Waals surface area contributed by atoms with Gasteiger partial charge in [-0.1, -0.05) is 12.1 Å². The van der Waals surface area contributed by atoms with Crippen LogP contribution in [0.4, 0.5) is 10.5 Å². The molecule has 0 unspecified atom stereocenters. The Labute approximate surface area is 165 Å². The van der Waals surface area contributed by atoms with E-state index in [1.807, 2.05) is 41.6 Å². The lowest BCUT2D eigenvalue weighted by molar-refractivity contribution is 0.159. The summed E-state index contributed by atoms with van der Waals surface area (Å²) in [6.07, 6.45) is 5.57. The molecular formula is C22H25N5O. The van der Waals surface area contributed by atoms with E-state index in [9.17, 15) is 4.79 Å². The second-order valence-corrected chi connectivity index (χ2v) is 7.54. The maximum Gasteiger partial charge on any atom is 0.321 e. The number of likely N-dealkylation sites (tertiary alicyclic amines) is 1. The molecule has 6 heteroatoms. The Morgan fingerprint density at radius 1 is 1.14 bits per heavy atom. The van der Waals surface area contributed by atoms with Crippen LogP contribution in [0.1, 0.15) is 34.1 Å². The van der Waals surface area contributed by atoms with Crippen LogP contribution in [0, 0.1) is 20.8 Å². The van der Waals surface area contributed by atoms with Gasteiger partial charge in [-0.3, -0.25) is 4.98 Å². The fourth-order valence-electron chi connectivity index (χ4n) is 3.51. The van der Waals surface area contributed by atoms with Crippen molar-refractivity contribution >= 4 is 11.7 Å². The Bertz CT molecular complexity index is 989. The fraction of sp³-hybridized carbons (Fsp3) is 0.318. The number of rotatable bonds is 4. The van der Waals surface area contributed by atoms with Gasteiger partial charge in [0.25, 0.3) is 0 Å². The van der Waals surface area contributed by atoms with E-state index in [1.165, 1.54) is 11.1 Å². The molecule has 28 heavy (non-hydrogen) atoms. The van der Waals surface area contributed by atoms with Gasteiger partial charge < -0.3 is 14.8 Å². The average molecular weight is 375 g/mol. The van der Waals surface area contributed by atoms with Crippen molar-refractivity contribution in [2.75, 3.05) is 18.4 Å². The highest BCUT2D eigenvalue weighted by atomic mass is 16.2. The molecule has 144 valence electrons. The highest BCUT2D eigenvalue weighted by molar-refractivity contribution is 5.90. The lowest BCUT2D eigenvalue weighted by Gasteiger charge is -2.39. The monoisotopic (exact) mass is 375 g/mol. The minimum absolute atomic E-state index is 0.0541. The Kier molecular flexibility index (Phi) is 4.86. The van der Waals surface area contributed by atoms with Crippen LogP contribution in [-0.2, 0) is 6.54 Å². The summed E-state index contributed by atoms with van der Waals surface area (Å²) in [4.78, 5) is 23.2. The Morgan fingerprint density at radius 2 is 1.96 bits per heavy atom. The summed E-state index contributed by atoms with van der Waals surface area (Å²) in [7, 11) is 0. The van der Waals surface area contributed by atoms with Gasteiger partial charge in [0.2, 0.25) is 0 Å². The first-order valence-electron chi connectivity index (χ1n) is 9.55. The Balaban J connectivity index is 1.40. The van der Waals surface area contributed by atoms with Crippen LogP contribution in [0.15, 0.2) is 48.9 Å². The van der Waals surface area contributed by atoms with Crippen molar-refractivity contribution in [2.24, 2.45) is 0 Å². The van der Waals surface area contributed by atoms with Crippen molar-refractivity contribution in [3.05, 3.63) is 77.1 Å². The molecule has 6 nitrogen and oxygen atoms in total. The first-order valence-corrected chi connectivity index (χ1v) is 9.55. The van der Waals surface area contributed by atoms with Gasteiger partial charge in [-0.25, -0.2) is 9.78 Å². The predicted molar refractivity (Wildman–Crippen MR) is 110 cm³/mol. The van der Waals surface area contributed by atoms with E-state index in [4.69, 9.17) is 0 Å². The van der Waals surface area contributed by atoms with Crippen LogP contribution < -0.4 is 5.32 Å². The molecule has 0 saturated carbocycles. The van der Waals surface area contributed by atoms with E-state index >= 15 is 0 Å². The maximum atomic E-state index is 12.5. The molecule has 1 fully saturated rings. The molecule has 2 aromatic heterocycles. The summed E-state index contributed by atoms with van der Waals surface area (Å²) in [5.74, 6) is 1.30. The summed E-state index contributed by atoms with van der Waals surface area (Å²) in [5.41, 5.74) is 5.50. The zero-order chi connectivity index (χ0) is 19.7. The quantitative estimate of drug-likeness (QED) is 0.753. The number of aromatic nitrogens is 3. The fourth-order valence-corrected chi connectivity index (χ4v) is 3.51. The van der Waals surface area contributed by atoms with E-state index in [1.54, 1.807) is 6.20 Å². The molecule has 0 atom stereocenters. The number of amides is 2.